The number of nitrogens with zero attached hydrogens (tertiary/aromatic N) is 1. The zero-order valence-corrected chi connectivity index (χ0v) is 12.6. The van der Waals surface area contributed by atoms with Crippen LogP contribution in [0.3, 0.4) is 0 Å². The normalized spacial score (nSPS) is 10.7. The van der Waals surface area contributed by atoms with Crippen molar-refractivity contribution in [2.75, 3.05) is 0 Å². The number of aryl methyl sites for hydroxylation is 1. The van der Waals surface area contributed by atoms with Gasteiger partial charge in [0.25, 0.3) is 0 Å². The Labute approximate surface area is 111 Å². The summed E-state index contributed by atoms with van der Waals surface area (Å²) in [6.07, 6.45) is 8.01. The van der Waals surface area contributed by atoms with Crippen molar-refractivity contribution in [3.05, 3.63) is 17.8 Å². The van der Waals surface area contributed by atoms with Crippen LogP contribution in [0, 0.1) is 6.92 Å². The second kappa shape index (κ2) is 8.54. The molecule has 0 amide bonds. The summed E-state index contributed by atoms with van der Waals surface area (Å²) >= 11 is 0.334. The van der Waals surface area contributed by atoms with Crippen molar-refractivity contribution in [3.63, 3.8) is 0 Å². The first-order valence-electron chi connectivity index (χ1n) is 6.53. The molecular weight excluding hydrogens is 277 g/mol. The molecule has 0 bridgehead atoms. The predicted molar refractivity (Wildman–Crippen MR) is 74.2 cm³/mol. The van der Waals surface area contributed by atoms with Crippen LogP contribution in [-0.4, -0.2) is 25.0 Å². The quantitative estimate of drug-likeness (QED) is 0.591. The molecule has 0 unspecified atom stereocenters. The van der Waals surface area contributed by atoms with Crippen LogP contribution >= 0.6 is 0 Å². The first-order chi connectivity index (χ1) is 8.24. The summed E-state index contributed by atoms with van der Waals surface area (Å²) in [6, 6.07) is 3.63. The Morgan fingerprint density at radius 1 is 1.12 bits per heavy atom. The van der Waals surface area contributed by atoms with Gasteiger partial charge in [-0.25, -0.2) is 0 Å². The van der Waals surface area contributed by atoms with Crippen LogP contribution in [-0.2, 0) is 0 Å². The molecule has 0 radical (unpaired) electrons. The van der Waals surface area contributed by atoms with E-state index in [4.69, 9.17) is 0 Å². The fourth-order valence-electron chi connectivity index (χ4n) is 1.68. The monoisotopic (exact) mass is 301 g/mol. The van der Waals surface area contributed by atoms with E-state index < -0.39 is 0 Å². The van der Waals surface area contributed by atoms with Crippen LogP contribution in [0.15, 0.2) is 12.1 Å². The molecule has 0 aliphatic heterocycles. The van der Waals surface area contributed by atoms with Gasteiger partial charge >= 0.3 is 111 Å². The fraction of sp³-hybridized carbons (Fsp3) is 0.643. The Morgan fingerprint density at radius 2 is 1.82 bits per heavy atom. The van der Waals surface area contributed by atoms with E-state index in [2.05, 4.69) is 11.9 Å². The van der Waals surface area contributed by atoms with Gasteiger partial charge in [0.1, 0.15) is 0 Å². The third-order valence-corrected chi connectivity index (χ3v) is 4.95. The Morgan fingerprint density at radius 3 is 2.59 bits per heavy atom. The van der Waals surface area contributed by atoms with Crippen LogP contribution in [0.2, 0.25) is 5.32 Å². The first kappa shape index (κ1) is 14.5. The summed E-state index contributed by atoms with van der Waals surface area (Å²) in [5.74, 6) is 0.376. The van der Waals surface area contributed by atoms with E-state index in [0.717, 1.165) is 10.3 Å². The molecule has 0 spiro atoms. The number of aromatic nitrogens is 1. The fourth-order valence-corrected chi connectivity index (χ4v) is 3.71. The zero-order chi connectivity index (χ0) is 12.5. The standard InChI is InChI=1S/C14H23NOSe/c1-3-4-5-6-7-8-11-17-14-13(16)10-9-12(2)15-14/h9-10,16H,3-8,11H2,1-2H3. The Balaban J connectivity index is 2.15. The molecule has 2 nitrogen and oxygen atoms in total. The molecule has 1 N–H and O–H groups in total. The van der Waals surface area contributed by atoms with Crippen molar-refractivity contribution >= 4 is 19.5 Å². The van der Waals surface area contributed by atoms with Gasteiger partial charge in [-0.2, -0.15) is 0 Å². The molecule has 0 saturated heterocycles. The molecule has 1 rings (SSSR count). The number of unbranched alkanes of at least 4 members (excludes halogenated alkanes) is 5. The molecule has 0 saturated carbocycles. The molecule has 0 aliphatic rings. The van der Waals surface area contributed by atoms with E-state index in [0.29, 0.717) is 20.7 Å². The van der Waals surface area contributed by atoms with Crippen LogP contribution in [0.1, 0.15) is 51.1 Å². The summed E-state index contributed by atoms with van der Waals surface area (Å²) in [4.78, 5) is 4.40. The summed E-state index contributed by atoms with van der Waals surface area (Å²) < 4.78 is 0.922. The van der Waals surface area contributed by atoms with E-state index in [1.807, 2.05) is 13.0 Å². The average Bonchev–Trinajstić information content (AvgIpc) is 2.32. The average molecular weight is 300 g/mol. The van der Waals surface area contributed by atoms with Crippen LogP contribution < -0.4 is 4.59 Å². The van der Waals surface area contributed by atoms with Gasteiger partial charge in [0, 0.05) is 0 Å². The van der Waals surface area contributed by atoms with E-state index in [1.54, 1.807) is 6.07 Å². The number of pyridine rings is 1. The third-order valence-electron chi connectivity index (χ3n) is 2.72. The minimum atomic E-state index is 0.334. The van der Waals surface area contributed by atoms with Gasteiger partial charge in [0.15, 0.2) is 0 Å². The number of hydrogen-bond acceptors (Lipinski definition) is 2. The Bertz CT molecular complexity index is 328. The van der Waals surface area contributed by atoms with Crippen molar-refractivity contribution in [1.29, 1.82) is 0 Å². The van der Waals surface area contributed by atoms with Crippen molar-refractivity contribution < 1.29 is 5.11 Å². The summed E-state index contributed by atoms with van der Waals surface area (Å²) in [6.45, 7) is 4.22. The van der Waals surface area contributed by atoms with Gasteiger partial charge in [-0.05, 0) is 0 Å². The molecule has 3 heteroatoms. The number of rotatable bonds is 8. The van der Waals surface area contributed by atoms with E-state index in [9.17, 15) is 5.11 Å². The topological polar surface area (TPSA) is 33.1 Å². The third kappa shape index (κ3) is 6.09. The van der Waals surface area contributed by atoms with E-state index >= 15 is 0 Å². The maximum atomic E-state index is 9.66. The molecule has 17 heavy (non-hydrogen) atoms. The summed E-state index contributed by atoms with van der Waals surface area (Å²) in [7, 11) is 0. The van der Waals surface area contributed by atoms with Gasteiger partial charge in [0.2, 0.25) is 0 Å². The van der Waals surface area contributed by atoms with E-state index in [-0.39, 0.29) is 0 Å². The van der Waals surface area contributed by atoms with Gasteiger partial charge in [0.05, 0.1) is 0 Å². The first-order valence-corrected chi connectivity index (χ1v) is 8.60. The molecule has 0 atom stereocenters. The molecule has 0 fully saturated rings. The Hall–Kier alpha value is -0.531. The molecule has 0 aliphatic carbocycles. The van der Waals surface area contributed by atoms with Crippen LogP contribution in [0.25, 0.3) is 0 Å². The molecular formula is C14H23NOSe. The predicted octanol–water partition coefficient (Wildman–Crippen LogP) is 3.20. The van der Waals surface area contributed by atoms with Crippen molar-refractivity contribution in [3.8, 4) is 5.75 Å². The SMILES string of the molecule is CCCCCCCC[Se]c1nc(C)ccc1O. The van der Waals surface area contributed by atoms with Gasteiger partial charge in [-0.3, -0.25) is 0 Å². The van der Waals surface area contributed by atoms with Crippen LogP contribution in [0.5, 0.6) is 5.75 Å². The van der Waals surface area contributed by atoms with Crippen LogP contribution in [0.4, 0.5) is 0 Å². The van der Waals surface area contributed by atoms with Gasteiger partial charge < -0.3 is 0 Å². The maximum absolute atomic E-state index is 9.66. The summed E-state index contributed by atoms with van der Waals surface area (Å²) in [5, 5.41) is 10.9. The number of aromatic hydroxyl groups is 1. The Kier molecular flexibility index (Phi) is 7.30. The molecule has 0 aromatic carbocycles. The summed E-state index contributed by atoms with van der Waals surface area (Å²) in [5.41, 5.74) is 1.00. The van der Waals surface area contributed by atoms with Gasteiger partial charge in [-0.1, -0.05) is 0 Å². The van der Waals surface area contributed by atoms with Crippen molar-refractivity contribution in [1.82, 2.24) is 4.98 Å². The number of hydrogen-bond donors (Lipinski definition) is 1. The molecule has 1 aromatic heterocycles. The van der Waals surface area contributed by atoms with Crippen molar-refractivity contribution in [2.24, 2.45) is 0 Å². The molecule has 1 aromatic rings. The van der Waals surface area contributed by atoms with Crippen molar-refractivity contribution in [2.45, 2.75) is 57.7 Å². The minimum absolute atomic E-state index is 0.334. The second-order valence-corrected chi connectivity index (χ2v) is 6.67. The van der Waals surface area contributed by atoms with E-state index in [1.165, 1.54) is 43.8 Å². The van der Waals surface area contributed by atoms with Gasteiger partial charge in [-0.15, -0.1) is 0 Å². The second-order valence-electron chi connectivity index (χ2n) is 4.39. The molecule has 1 heterocycles. The molecule has 96 valence electrons. The zero-order valence-electron chi connectivity index (χ0n) is 10.9.